The summed E-state index contributed by atoms with van der Waals surface area (Å²) in [7, 11) is 0. The highest BCUT2D eigenvalue weighted by molar-refractivity contribution is 6.30. The van der Waals surface area contributed by atoms with E-state index in [-0.39, 0.29) is 18.4 Å². The average molecular weight is 398 g/mol. The molecule has 0 radical (unpaired) electrons. The summed E-state index contributed by atoms with van der Waals surface area (Å²) in [6.07, 6.45) is 1.90. The van der Waals surface area contributed by atoms with Crippen LogP contribution < -0.4 is 10.2 Å². The number of halogens is 1. The van der Waals surface area contributed by atoms with Gasteiger partial charge in [0.1, 0.15) is 6.54 Å². The van der Waals surface area contributed by atoms with Gasteiger partial charge in [-0.05, 0) is 60.7 Å². The molecular formula is C21H20ClN3O3. The third-order valence-electron chi connectivity index (χ3n) is 5.23. The van der Waals surface area contributed by atoms with Crippen molar-refractivity contribution in [3.63, 3.8) is 0 Å². The highest BCUT2D eigenvalue weighted by Gasteiger charge is 2.29. The van der Waals surface area contributed by atoms with E-state index in [0.29, 0.717) is 17.2 Å². The van der Waals surface area contributed by atoms with E-state index in [0.717, 1.165) is 31.0 Å². The summed E-state index contributed by atoms with van der Waals surface area (Å²) in [4.78, 5) is 39.1. The number of carbonyl (C=O) groups is 3. The zero-order valence-corrected chi connectivity index (χ0v) is 16.0. The van der Waals surface area contributed by atoms with E-state index in [4.69, 9.17) is 11.6 Å². The molecule has 4 amide bonds. The highest BCUT2D eigenvalue weighted by atomic mass is 35.5. The number of hydrogen-bond acceptors (Lipinski definition) is 3. The summed E-state index contributed by atoms with van der Waals surface area (Å²) in [5.74, 6) is 0.102. The lowest BCUT2D eigenvalue weighted by atomic mass is 9.99. The number of nitrogens with zero attached hydrogens (tertiary/aromatic N) is 2. The van der Waals surface area contributed by atoms with Crippen LogP contribution in [-0.4, -0.2) is 42.4 Å². The van der Waals surface area contributed by atoms with Crippen LogP contribution in [0, 0.1) is 5.92 Å². The van der Waals surface area contributed by atoms with Gasteiger partial charge in [0.05, 0.1) is 0 Å². The first-order valence-electron chi connectivity index (χ1n) is 9.25. The van der Waals surface area contributed by atoms with E-state index >= 15 is 0 Å². The number of anilines is 1. The Hall–Kier alpha value is -2.86. The van der Waals surface area contributed by atoms with Gasteiger partial charge in [-0.2, -0.15) is 0 Å². The normalized spacial score (nSPS) is 19.2. The average Bonchev–Trinajstić information content (AvgIpc) is 3.29. The molecule has 144 valence electrons. The molecule has 2 saturated heterocycles. The van der Waals surface area contributed by atoms with Crippen LogP contribution in [-0.2, 0) is 11.2 Å². The molecule has 1 unspecified atom stereocenters. The molecule has 2 aromatic rings. The fraction of sp³-hybridized carbons (Fsp3) is 0.286. The Kier molecular flexibility index (Phi) is 5.05. The molecule has 6 nitrogen and oxygen atoms in total. The molecule has 2 aliphatic heterocycles. The van der Waals surface area contributed by atoms with Crippen molar-refractivity contribution in [2.75, 3.05) is 24.5 Å². The smallest absolute Gasteiger partial charge is 0.329 e. The van der Waals surface area contributed by atoms with Crippen molar-refractivity contribution in [2.24, 2.45) is 5.92 Å². The lowest BCUT2D eigenvalue weighted by Crippen LogP contribution is -2.29. The van der Waals surface area contributed by atoms with Crippen molar-refractivity contribution in [1.82, 2.24) is 10.2 Å². The molecular weight excluding hydrogens is 378 g/mol. The molecule has 0 aliphatic carbocycles. The van der Waals surface area contributed by atoms with Crippen LogP contribution in [0.3, 0.4) is 0 Å². The summed E-state index contributed by atoms with van der Waals surface area (Å²) in [6.45, 7) is 1.47. The fourth-order valence-corrected chi connectivity index (χ4v) is 3.88. The maximum absolute atomic E-state index is 12.8. The molecule has 0 bridgehead atoms. The van der Waals surface area contributed by atoms with Gasteiger partial charge in [-0.25, -0.2) is 4.79 Å². The predicted molar refractivity (Wildman–Crippen MR) is 106 cm³/mol. The van der Waals surface area contributed by atoms with Gasteiger partial charge in [0.25, 0.3) is 5.91 Å². The van der Waals surface area contributed by atoms with Crippen LogP contribution >= 0.6 is 11.6 Å². The van der Waals surface area contributed by atoms with Crippen LogP contribution in [0.5, 0.6) is 0 Å². The van der Waals surface area contributed by atoms with Crippen molar-refractivity contribution in [3.05, 3.63) is 64.7 Å². The van der Waals surface area contributed by atoms with Crippen molar-refractivity contribution in [1.29, 1.82) is 0 Å². The molecule has 2 heterocycles. The van der Waals surface area contributed by atoms with Crippen molar-refractivity contribution < 1.29 is 14.4 Å². The van der Waals surface area contributed by atoms with Gasteiger partial charge in [0.2, 0.25) is 5.91 Å². The number of benzene rings is 2. The second-order valence-corrected chi connectivity index (χ2v) is 7.66. The van der Waals surface area contributed by atoms with Crippen LogP contribution in [0.1, 0.15) is 22.3 Å². The van der Waals surface area contributed by atoms with Gasteiger partial charge < -0.3 is 4.90 Å². The number of rotatable bonds is 4. The Morgan fingerprint density at radius 1 is 1.07 bits per heavy atom. The lowest BCUT2D eigenvalue weighted by Gasteiger charge is -2.18. The first kappa shape index (κ1) is 18.5. The highest BCUT2D eigenvalue weighted by Crippen LogP contribution is 2.24. The molecule has 4 rings (SSSR count). The van der Waals surface area contributed by atoms with Crippen molar-refractivity contribution in [3.8, 4) is 0 Å². The van der Waals surface area contributed by atoms with E-state index in [2.05, 4.69) is 5.32 Å². The van der Waals surface area contributed by atoms with Crippen molar-refractivity contribution >= 4 is 35.1 Å². The van der Waals surface area contributed by atoms with Gasteiger partial charge in [0.15, 0.2) is 0 Å². The maximum Gasteiger partial charge on any atom is 0.329 e. The lowest BCUT2D eigenvalue weighted by molar-refractivity contribution is -0.117. The molecule has 0 spiro atoms. The Balaban J connectivity index is 1.37. The number of carbonyl (C=O) groups excluding carboxylic acids is 3. The molecule has 28 heavy (non-hydrogen) atoms. The van der Waals surface area contributed by atoms with Gasteiger partial charge in [-0.15, -0.1) is 0 Å². The molecule has 7 heteroatoms. The van der Waals surface area contributed by atoms with Crippen LogP contribution in [0.15, 0.2) is 48.5 Å². The Morgan fingerprint density at radius 3 is 2.43 bits per heavy atom. The van der Waals surface area contributed by atoms with E-state index in [1.807, 2.05) is 29.2 Å². The third kappa shape index (κ3) is 3.87. The summed E-state index contributed by atoms with van der Waals surface area (Å²) >= 11 is 5.93. The first-order chi connectivity index (χ1) is 13.5. The largest absolute Gasteiger partial charge is 0.338 e. The van der Waals surface area contributed by atoms with Gasteiger partial charge in [-0.1, -0.05) is 23.7 Å². The molecule has 0 saturated carbocycles. The zero-order chi connectivity index (χ0) is 19.7. The second-order valence-electron chi connectivity index (χ2n) is 7.22. The maximum atomic E-state index is 12.8. The summed E-state index contributed by atoms with van der Waals surface area (Å²) < 4.78 is 0. The monoisotopic (exact) mass is 397 g/mol. The summed E-state index contributed by atoms with van der Waals surface area (Å²) in [6, 6.07) is 14.2. The minimum absolute atomic E-state index is 0.00459. The topological polar surface area (TPSA) is 69.7 Å². The third-order valence-corrected chi connectivity index (χ3v) is 5.48. The summed E-state index contributed by atoms with van der Waals surface area (Å²) in [5, 5.41) is 2.97. The molecule has 0 aromatic heterocycles. The van der Waals surface area contributed by atoms with E-state index in [1.165, 1.54) is 10.5 Å². The van der Waals surface area contributed by atoms with E-state index in [9.17, 15) is 14.4 Å². The van der Waals surface area contributed by atoms with Crippen LogP contribution in [0.25, 0.3) is 0 Å². The minimum atomic E-state index is -0.436. The number of hydrogen-bond donors (Lipinski definition) is 1. The Bertz CT molecular complexity index is 911. The zero-order valence-electron chi connectivity index (χ0n) is 15.2. The van der Waals surface area contributed by atoms with E-state index in [1.54, 1.807) is 24.3 Å². The number of likely N-dealkylation sites (tertiary alicyclic amines) is 1. The predicted octanol–water partition coefficient (Wildman–Crippen LogP) is 3.10. The van der Waals surface area contributed by atoms with Gasteiger partial charge >= 0.3 is 6.03 Å². The second kappa shape index (κ2) is 7.64. The SMILES string of the molecule is O=C1CN(c2ccc(C(=O)N3CCC(Cc4ccc(Cl)cc4)C3)cc2)C(=O)N1. The van der Waals surface area contributed by atoms with Gasteiger partial charge in [0, 0.05) is 29.4 Å². The molecule has 2 aromatic carbocycles. The van der Waals surface area contributed by atoms with Crippen LogP contribution in [0.2, 0.25) is 5.02 Å². The number of urea groups is 1. The molecule has 1 atom stereocenters. The number of amides is 4. The van der Waals surface area contributed by atoms with Crippen LogP contribution in [0.4, 0.5) is 10.5 Å². The molecule has 2 aliphatic rings. The standard InChI is InChI=1S/C21H20ClN3O3/c22-17-5-1-14(2-6-17)11-15-9-10-24(12-15)20(27)16-3-7-18(8-4-16)25-13-19(26)23-21(25)28/h1-8,15H,9-13H2,(H,23,26,28). The Morgan fingerprint density at radius 2 is 1.79 bits per heavy atom. The first-order valence-corrected chi connectivity index (χ1v) is 9.62. The quantitative estimate of drug-likeness (QED) is 0.806. The fourth-order valence-electron chi connectivity index (χ4n) is 3.75. The van der Waals surface area contributed by atoms with E-state index < -0.39 is 6.03 Å². The minimum Gasteiger partial charge on any atom is -0.338 e. The number of imide groups is 1. The van der Waals surface area contributed by atoms with Gasteiger partial charge in [-0.3, -0.25) is 19.8 Å². The molecule has 1 N–H and O–H groups in total. The summed E-state index contributed by atoms with van der Waals surface area (Å²) in [5.41, 5.74) is 2.41. The molecule has 2 fully saturated rings. The number of nitrogens with one attached hydrogen (secondary N) is 1. The Labute approximate surface area is 168 Å². The van der Waals surface area contributed by atoms with Crippen molar-refractivity contribution in [2.45, 2.75) is 12.8 Å².